The van der Waals surface area contributed by atoms with Gasteiger partial charge in [0.15, 0.2) is 11.5 Å². The molecule has 2 aromatic heterocycles. The number of carbonyl (C=O) groups excluding carboxylic acids is 2. The van der Waals surface area contributed by atoms with Crippen molar-refractivity contribution in [2.75, 3.05) is 7.11 Å². The number of aryl methyl sites for hydroxylation is 2. The predicted octanol–water partition coefficient (Wildman–Crippen LogP) is 2.41. The molecule has 0 bridgehead atoms. The van der Waals surface area contributed by atoms with Crippen molar-refractivity contribution < 1.29 is 23.5 Å². The zero-order valence-electron chi connectivity index (χ0n) is 15.6. The number of benzene rings is 1. The number of methoxy groups -OCH3 is 1. The van der Waals surface area contributed by atoms with Crippen LogP contribution in [-0.4, -0.2) is 39.3 Å². The average molecular weight is 382 g/mol. The number of nitrogens with zero attached hydrogens (tertiary/aromatic N) is 4. The van der Waals surface area contributed by atoms with E-state index in [4.69, 9.17) is 9.15 Å². The minimum Gasteiger partial charge on any atom is -0.465 e. The van der Waals surface area contributed by atoms with Crippen LogP contribution in [0.15, 0.2) is 40.8 Å². The first-order chi connectivity index (χ1) is 13.5. The van der Waals surface area contributed by atoms with E-state index in [1.54, 1.807) is 19.9 Å². The highest BCUT2D eigenvalue weighted by Crippen LogP contribution is 2.18. The number of hydrogen-bond donors (Lipinski definition) is 0. The summed E-state index contributed by atoms with van der Waals surface area (Å²) in [5, 5.41) is 11.2. The molecule has 0 atom stereocenters. The van der Waals surface area contributed by atoms with Gasteiger partial charge in [0, 0.05) is 0 Å². The van der Waals surface area contributed by atoms with Crippen LogP contribution in [0.4, 0.5) is 0 Å². The quantitative estimate of drug-likeness (QED) is 0.472. The smallest absolute Gasteiger partial charge is 0.357 e. The number of hydrogen-bond acceptors (Lipinski definition) is 8. The molecule has 0 spiro atoms. The minimum absolute atomic E-state index is 0.144. The lowest BCUT2D eigenvalue weighted by Gasteiger charge is -2.08. The van der Waals surface area contributed by atoms with Gasteiger partial charge in [0.25, 0.3) is 0 Å². The number of rotatable bonds is 6. The Morgan fingerprint density at radius 1 is 1.21 bits per heavy atom. The van der Waals surface area contributed by atoms with Gasteiger partial charge in [-0.2, -0.15) is 4.68 Å². The molecule has 2 heterocycles. The monoisotopic (exact) mass is 382 g/mol. The second kappa shape index (κ2) is 8.30. The molecule has 0 aliphatic heterocycles. The van der Waals surface area contributed by atoms with Crippen molar-refractivity contribution in [3.63, 3.8) is 0 Å². The summed E-state index contributed by atoms with van der Waals surface area (Å²) in [5.41, 5.74) is 1.21. The molecule has 0 fully saturated rings. The molecule has 0 saturated heterocycles. The number of furan rings is 1. The lowest BCUT2D eigenvalue weighted by atomic mass is 10.2. The Bertz CT molecular complexity index is 1020. The van der Waals surface area contributed by atoms with Gasteiger partial charge >= 0.3 is 11.9 Å². The molecule has 9 heteroatoms. The Labute approximate surface area is 160 Å². The van der Waals surface area contributed by atoms with Crippen molar-refractivity contribution in [2.24, 2.45) is 0 Å². The van der Waals surface area contributed by atoms with Gasteiger partial charge in [-0.25, -0.2) is 9.59 Å². The SMILES string of the molecule is COC(=O)c1cc(COC(=O)C(=Cc2ccccc2)n2nnnc2C)oc1C. The summed E-state index contributed by atoms with van der Waals surface area (Å²) in [6.45, 7) is 3.14. The number of esters is 2. The van der Waals surface area contributed by atoms with Crippen molar-refractivity contribution in [1.82, 2.24) is 20.2 Å². The third kappa shape index (κ3) is 4.14. The molecule has 0 unspecified atom stereocenters. The highest BCUT2D eigenvalue weighted by Gasteiger charge is 2.20. The molecule has 28 heavy (non-hydrogen) atoms. The number of aromatic nitrogens is 4. The van der Waals surface area contributed by atoms with Gasteiger partial charge in [0.1, 0.15) is 23.7 Å². The molecule has 0 radical (unpaired) electrons. The number of carbonyl (C=O) groups is 2. The molecule has 3 aromatic rings. The highest BCUT2D eigenvalue weighted by molar-refractivity contribution is 6.15. The van der Waals surface area contributed by atoms with E-state index in [0.29, 0.717) is 17.3 Å². The molecule has 9 nitrogen and oxygen atoms in total. The molecular weight excluding hydrogens is 364 g/mol. The van der Waals surface area contributed by atoms with Gasteiger partial charge in [0.05, 0.1) is 7.11 Å². The van der Waals surface area contributed by atoms with Gasteiger partial charge < -0.3 is 13.9 Å². The van der Waals surface area contributed by atoms with Gasteiger partial charge in [-0.15, -0.1) is 5.10 Å². The summed E-state index contributed by atoms with van der Waals surface area (Å²) in [6.07, 6.45) is 1.62. The van der Waals surface area contributed by atoms with E-state index in [-0.39, 0.29) is 17.9 Å². The molecule has 0 saturated carbocycles. The van der Waals surface area contributed by atoms with Crippen molar-refractivity contribution >= 4 is 23.7 Å². The van der Waals surface area contributed by atoms with Crippen LogP contribution in [0.2, 0.25) is 0 Å². The fourth-order valence-electron chi connectivity index (χ4n) is 2.51. The van der Waals surface area contributed by atoms with E-state index in [2.05, 4.69) is 20.3 Å². The highest BCUT2D eigenvalue weighted by atomic mass is 16.5. The van der Waals surface area contributed by atoms with Crippen LogP contribution in [0, 0.1) is 13.8 Å². The lowest BCUT2D eigenvalue weighted by Crippen LogP contribution is -2.15. The van der Waals surface area contributed by atoms with Crippen LogP contribution >= 0.6 is 0 Å². The molecule has 0 aliphatic rings. The minimum atomic E-state index is -0.645. The van der Waals surface area contributed by atoms with Crippen LogP contribution < -0.4 is 0 Å². The summed E-state index contributed by atoms with van der Waals surface area (Å²) >= 11 is 0. The van der Waals surface area contributed by atoms with Gasteiger partial charge in [-0.3, -0.25) is 0 Å². The number of tetrazole rings is 1. The van der Waals surface area contributed by atoms with Crippen molar-refractivity contribution in [2.45, 2.75) is 20.5 Å². The standard InChI is InChI=1S/C19H18N4O5/c1-12-16(18(24)26-3)10-15(28-12)11-27-19(25)17(23-13(2)20-21-22-23)9-14-7-5-4-6-8-14/h4-10H,11H2,1-3H3. The zero-order valence-corrected chi connectivity index (χ0v) is 15.6. The Hall–Kier alpha value is -3.75. The van der Waals surface area contributed by atoms with Crippen LogP contribution in [-0.2, 0) is 20.9 Å². The molecule has 0 N–H and O–H groups in total. The van der Waals surface area contributed by atoms with Gasteiger partial charge in [0.2, 0.25) is 0 Å². The zero-order chi connectivity index (χ0) is 20.1. The average Bonchev–Trinajstić information content (AvgIpc) is 3.29. The van der Waals surface area contributed by atoms with E-state index in [0.717, 1.165) is 5.56 Å². The van der Waals surface area contributed by atoms with Crippen LogP contribution in [0.1, 0.15) is 33.3 Å². The fourth-order valence-corrected chi connectivity index (χ4v) is 2.51. The Kier molecular flexibility index (Phi) is 5.64. The van der Waals surface area contributed by atoms with Crippen molar-refractivity contribution in [3.05, 3.63) is 64.9 Å². The molecule has 1 aromatic carbocycles. The van der Waals surface area contributed by atoms with E-state index in [1.165, 1.54) is 17.9 Å². The topological polar surface area (TPSA) is 109 Å². The summed E-state index contributed by atoms with van der Waals surface area (Å²) in [7, 11) is 1.28. The third-order valence-electron chi connectivity index (χ3n) is 3.89. The van der Waals surface area contributed by atoms with Crippen LogP contribution in [0.25, 0.3) is 11.8 Å². The van der Waals surface area contributed by atoms with Gasteiger partial charge in [-0.1, -0.05) is 30.3 Å². The largest absolute Gasteiger partial charge is 0.465 e. The Balaban J connectivity index is 1.82. The van der Waals surface area contributed by atoms with E-state index >= 15 is 0 Å². The molecule has 3 rings (SSSR count). The second-order valence-corrected chi connectivity index (χ2v) is 5.83. The van der Waals surface area contributed by atoms with Crippen molar-refractivity contribution in [1.29, 1.82) is 0 Å². The van der Waals surface area contributed by atoms with Crippen LogP contribution in [0.3, 0.4) is 0 Å². The maximum absolute atomic E-state index is 12.7. The first-order valence-electron chi connectivity index (χ1n) is 8.36. The van der Waals surface area contributed by atoms with E-state index < -0.39 is 11.9 Å². The Morgan fingerprint density at radius 3 is 2.61 bits per heavy atom. The summed E-state index contributed by atoms with van der Waals surface area (Å²) in [5.74, 6) is -0.0327. The van der Waals surface area contributed by atoms with E-state index in [9.17, 15) is 9.59 Å². The van der Waals surface area contributed by atoms with Crippen LogP contribution in [0.5, 0.6) is 0 Å². The summed E-state index contributed by atoms with van der Waals surface area (Å²) in [4.78, 5) is 24.4. The predicted molar refractivity (Wildman–Crippen MR) is 97.7 cm³/mol. The summed E-state index contributed by atoms with van der Waals surface area (Å²) < 4.78 is 16.8. The first-order valence-corrected chi connectivity index (χ1v) is 8.36. The fraction of sp³-hybridized carbons (Fsp3) is 0.211. The number of ether oxygens (including phenoxy) is 2. The molecular formula is C19H18N4O5. The Morgan fingerprint density at radius 2 is 1.96 bits per heavy atom. The third-order valence-corrected chi connectivity index (χ3v) is 3.89. The van der Waals surface area contributed by atoms with E-state index in [1.807, 2.05) is 30.3 Å². The summed E-state index contributed by atoms with van der Waals surface area (Å²) in [6, 6.07) is 10.7. The maximum Gasteiger partial charge on any atom is 0.357 e. The molecule has 0 aliphatic carbocycles. The normalized spacial score (nSPS) is 11.3. The lowest BCUT2D eigenvalue weighted by molar-refractivity contribution is -0.138. The first kappa shape index (κ1) is 19.0. The second-order valence-electron chi connectivity index (χ2n) is 5.83. The maximum atomic E-state index is 12.7. The molecule has 0 amide bonds. The van der Waals surface area contributed by atoms with Gasteiger partial charge in [-0.05, 0) is 42.0 Å². The van der Waals surface area contributed by atoms with Crippen molar-refractivity contribution in [3.8, 4) is 0 Å². The molecule has 144 valence electrons.